The normalized spacial score (nSPS) is 13.0. The molecule has 0 aliphatic carbocycles. The molecule has 0 radical (unpaired) electrons. The highest BCUT2D eigenvalue weighted by Gasteiger charge is 2.23. The summed E-state index contributed by atoms with van der Waals surface area (Å²) in [7, 11) is 0. The second-order valence-electron chi connectivity index (χ2n) is 7.75. The van der Waals surface area contributed by atoms with Gasteiger partial charge in [-0.2, -0.15) is 0 Å². The Morgan fingerprint density at radius 3 is 2.73 bits per heavy atom. The lowest BCUT2D eigenvalue weighted by Gasteiger charge is -2.29. The fourth-order valence-electron chi connectivity index (χ4n) is 3.80. The first kappa shape index (κ1) is 23.4. The maximum atomic E-state index is 13.0. The first-order chi connectivity index (χ1) is 16.0. The molecule has 0 atom stereocenters. The van der Waals surface area contributed by atoms with E-state index >= 15 is 0 Å². The van der Waals surface area contributed by atoms with Gasteiger partial charge in [-0.05, 0) is 42.2 Å². The largest absolute Gasteiger partial charge is 0.390 e. The minimum atomic E-state index is -0.245. The van der Waals surface area contributed by atoms with Crippen LogP contribution < -0.4 is 10.2 Å². The van der Waals surface area contributed by atoms with Gasteiger partial charge in [0.25, 0.3) is 0 Å². The number of thioether (sulfide) groups is 1. The zero-order chi connectivity index (χ0) is 23.2. The third-order valence-electron chi connectivity index (χ3n) is 5.50. The van der Waals surface area contributed by atoms with Gasteiger partial charge < -0.3 is 19.9 Å². The van der Waals surface area contributed by atoms with Crippen molar-refractivity contribution in [2.45, 2.75) is 37.7 Å². The van der Waals surface area contributed by atoms with Crippen LogP contribution in [0.2, 0.25) is 5.02 Å². The summed E-state index contributed by atoms with van der Waals surface area (Å²) in [5.74, 6) is -0.0157. The molecule has 1 aliphatic rings. The SMILES string of the molecule is O=C(Cn1c(CO)cnc1SCC(=O)N1CCCc2ccccc21)NCc1ccc(Cl)cc1. The van der Waals surface area contributed by atoms with Crippen molar-refractivity contribution in [1.82, 2.24) is 14.9 Å². The molecule has 0 spiro atoms. The van der Waals surface area contributed by atoms with E-state index < -0.39 is 0 Å². The molecule has 0 unspecified atom stereocenters. The second-order valence-corrected chi connectivity index (χ2v) is 9.12. The number of halogens is 1. The Labute approximate surface area is 201 Å². The highest BCUT2D eigenvalue weighted by atomic mass is 35.5. The highest BCUT2D eigenvalue weighted by Crippen LogP contribution is 2.28. The van der Waals surface area contributed by atoms with E-state index in [9.17, 15) is 14.7 Å². The van der Waals surface area contributed by atoms with Crippen LogP contribution in [0, 0.1) is 0 Å². The van der Waals surface area contributed by atoms with Crippen molar-refractivity contribution in [3.8, 4) is 0 Å². The summed E-state index contributed by atoms with van der Waals surface area (Å²) in [4.78, 5) is 31.7. The van der Waals surface area contributed by atoms with Crippen molar-refractivity contribution in [2.24, 2.45) is 0 Å². The number of benzene rings is 2. The molecule has 33 heavy (non-hydrogen) atoms. The number of aryl methyl sites for hydroxylation is 1. The number of para-hydroxylation sites is 1. The van der Waals surface area contributed by atoms with E-state index in [1.807, 2.05) is 35.2 Å². The number of amides is 2. The van der Waals surface area contributed by atoms with Gasteiger partial charge in [0.1, 0.15) is 6.54 Å². The Kier molecular flexibility index (Phi) is 7.69. The van der Waals surface area contributed by atoms with E-state index in [1.54, 1.807) is 16.7 Å². The molecule has 2 N–H and O–H groups in total. The van der Waals surface area contributed by atoms with Gasteiger partial charge >= 0.3 is 0 Å². The molecule has 9 heteroatoms. The number of aromatic nitrogens is 2. The maximum Gasteiger partial charge on any atom is 0.240 e. The van der Waals surface area contributed by atoms with Gasteiger partial charge in [-0.25, -0.2) is 4.98 Å². The number of carbonyl (C=O) groups is 2. The summed E-state index contributed by atoms with van der Waals surface area (Å²) in [5.41, 5.74) is 3.61. The van der Waals surface area contributed by atoms with Crippen LogP contribution in [0.15, 0.2) is 59.9 Å². The molecule has 4 rings (SSSR count). The van der Waals surface area contributed by atoms with Gasteiger partial charge in [0.05, 0.1) is 24.3 Å². The number of hydrogen-bond donors (Lipinski definition) is 2. The van der Waals surface area contributed by atoms with E-state index in [2.05, 4.69) is 16.4 Å². The Morgan fingerprint density at radius 2 is 1.94 bits per heavy atom. The van der Waals surface area contributed by atoms with Gasteiger partial charge in [-0.15, -0.1) is 0 Å². The fraction of sp³-hybridized carbons (Fsp3) is 0.292. The fourth-order valence-corrected chi connectivity index (χ4v) is 4.80. The quantitative estimate of drug-likeness (QED) is 0.478. The molecule has 1 aromatic heterocycles. The van der Waals surface area contributed by atoms with Crippen LogP contribution in [0.3, 0.4) is 0 Å². The van der Waals surface area contributed by atoms with E-state index in [4.69, 9.17) is 11.6 Å². The highest BCUT2D eigenvalue weighted by molar-refractivity contribution is 7.99. The standard InChI is InChI=1S/C24H25ClN4O3S/c25-19-9-7-17(8-10-19)12-26-22(31)14-29-20(15-30)13-27-24(29)33-16-23(32)28-11-3-5-18-4-1-2-6-21(18)28/h1-2,4,6-10,13,30H,3,5,11-12,14-16H2,(H,26,31). The average molecular weight is 485 g/mol. The number of hydrogen-bond acceptors (Lipinski definition) is 5. The maximum absolute atomic E-state index is 13.0. The summed E-state index contributed by atoms with van der Waals surface area (Å²) in [6, 6.07) is 15.2. The van der Waals surface area contributed by atoms with Crippen molar-refractivity contribution < 1.29 is 14.7 Å². The summed E-state index contributed by atoms with van der Waals surface area (Å²) in [6.07, 6.45) is 3.45. The zero-order valence-corrected chi connectivity index (χ0v) is 19.6. The number of carbonyl (C=O) groups excluding carboxylic acids is 2. The molecule has 7 nitrogen and oxygen atoms in total. The molecule has 0 fully saturated rings. The van der Waals surface area contributed by atoms with Crippen molar-refractivity contribution in [2.75, 3.05) is 17.2 Å². The van der Waals surface area contributed by atoms with Crippen LogP contribution in [-0.2, 0) is 35.7 Å². The summed E-state index contributed by atoms with van der Waals surface area (Å²) < 4.78 is 1.65. The summed E-state index contributed by atoms with van der Waals surface area (Å²) in [6.45, 7) is 0.826. The summed E-state index contributed by atoms with van der Waals surface area (Å²) in [5, 5.41) is 13.7. The number of anilines is 1. The number of rotatable bonds is 8. The zero-order valence-electron chi connectivity index (χ0n) is 18.0. The number of aliphatic hydroxyl groups is 1. The van der Waals surface area contributed by atoms with Crippen LogP contribution in [0.1, 0.15) is 23.2 Å². The number of fused-ring (bicyclic) bond motifs is 1. The molecule has 0 saturated carbocycles. The van der Waals surface area contributed by atoms with Crippen molar-refractivity contribution >= 4 is 40.9 Å². The Balaban J connectivity index is 1.38. The minimum absolute atomic E-state index is 0.000520. The number of aliphatic hydroxyl groups excluding tert-OH is 1. The molecular weight excluding hydrogens is 460 g/mol. The van der Waals surface area contributed by atoms with Gasteiger partial charge in [0, 0.05) is 23.8 Å². The van der Waals surface area contributed by atoms with Gasteiger partial charge in [0.15, 0.2) is 5.16 Å². The van der Waals surface area contributed by atoms with Crippen LogP contribution in [-0.4, -0.2) is 38.8 Å². The first-order valence-electron chi connectivity index (χ1n) is 10.7. The third-order valence-corrected chi connectivity index (χ3v) is 6.73. The molecule has 2 aromatic carbocycles. The third kappa shape index (κ3) is 5.76. The van der Waals surface area contributed by atoms with E-state index in [0.29, 0.717) is 29.0 Å². The molecule has 2 heterocycles. The van der Waals surface area contributed by atoms with Crippen LogP contribution in [0.4, 0.5) is 5.69 Å². The lowest BCUT2D eigenvalue weighted by Crippen LogP contribution is -2.36. The van der Waals surface area contributed by atoms with Crippen molar-refractivity contribution in [1.29, 1.82) is 0 Å². The van der Waals surface area contributed by atoms with Crippen LogP contribution >= 0.6 is 23.4 Å². The van der Waals surface area contributed by atoms with Crippen molar-refractivity contribution in [3.05, 3.63) is 76.6 Å². The predicted octanol–water partition coefficient (Wildman–Crippen LogP) is 3.42. The number of imidazole rings is 1. The average Bonchev–Trinajstić information content (AvgIpc) is 3.23. The summed E-state index contributed by atoms with van der Waals surface area (Å²) >= 11 is 7.17. The number of nitrogens with zero attached hydrogens (tertiary/aromatic N) is 3. The molecular formula is C24H25ClN4O3S. The lowest BCUT2D eigenvalue weighted by molar-refractivity contribution is -0.122. The Hall–Kier alpha value is -2.81. The Morgan fingerprint density at radius 1 is 1.15 bits per heavy atom. The van der Waals surface area contributed by atoms with Crippen LogP contribution in [0.25, 0.3) is 0 Å². The van der Waals surface area contributed by atoms with Gasteiger partial charge in [0.2, 0.25) is 11.8 Å². The van der Waals surface area contributed by atoms with Gasteiger partial charge in [-0.3, -0.25) is 9.59 Å². The van der Waals surface area contributed by atoms with E-state index in [-0.39, 0.29) is 30.7 Å². The second kappa shape index (κ2) is 10.9. The van der Waals surface area contributed by atoms with Crippen LogP contribution in [0.5, 0.6) is 0 Å². The Bertz CT molecular complexity index is 1130. The monoisotopic (exact) mass is 484 g/mol. The molecule has 0 saturated heterocycles. The van der Waals surface area contributed by atoms with Crippen molar-refractivity contribution in [3.63, 3.8) is 0 Å². The molecule has 2 amide bonds. The number of nitrogens with one attached hydrogen (secondary N) is 1. The molecule has 172 valence electrons. The van der Waals surface area contributed by atoms with E-state index in [0.717, 1.165) is 24.1 Å². The minimum Gasteiger partial charge on any atom is -0.390 e. The lowest BCUT2D eigenvalue weighted by atomic mass is 10.0. The predicted molar refractivity (Wildman–Crippen MR) is 129 cm³/mol. The smallest absolute Gasteiger partial charge is 0.240 e. The molecule has 3 aromatic rings. The molecule has 1 aliphatic heterocycles. The van der Waals surface area contributed by atoms with E-state index in [1.165, 1.54) is 23.5 Å². The first-order valence-corrected chi connectivity index (χ1v) is 12.1. The van der Waals surface area contributed by atoms with Gasteiger partial charge in [-0.1, -0.05) is 53.7 Å². The molecule has 0 bridgehead atoms. The topological polar surface area (TPSA) is 87.5 Å².